The van der Waals surface area contributed by atoms with Gasteiger partial charge in [-0.2, -0.15) is 0 Å². The summed E-state index contributed by atoms with van der Waals surface area (Å²) < 4.78 is 0. The third-order valence-electron chi connectivity index (χ3n) is 2.54. The molecule has 2 rings (SSSR count). The summed E-state index contributed by atoms with van der Waals surface area (Å²) >= 11 is 0. The smallest absolute Gasteiger partial charge is 0.0198 e. The zero-order valence-electron chi connectivity index (χ0n) is 7.51. The number of allylic oxidation sites excluding steroid dienone is 2. The Bertz CT molecular complexity index is 308. The molecule has 0 heterocycles. The highest BCUT2D eigenvalue weighted by molar-refractivity contribution is 5.67. The van der Waals surface area contributed by atoms with Gasteiger partial charge in [-0.15, -0.1) is 0 Å². The molecule has 0 aromatic heterocycles. The summed E-state index contributed by atoms with van der Waals surface area (Å²) in [5.41, 5.74) is 4.42. The lowest BCUT2D eigenvalue weighted by atomic mass is 10.0. The van der Waals surface area contributed by atoms with E-state index in [4.69, 9.17) is 0 Å². The molecule has 0 N–H and O–H groups in total. The second-order valence-electron chi connectivity index (χ2n) is 3.44. The van der Waals surface area contributed by atoms with Crippen molar-refractivity contribution in [3.8, 4) is 0 Å². The molecule has 1 aliphatic rings. The van der Waals surface area contributed by atoms with Crippen molar-refractivity contribution in [1.82, 2.24) is 0 Å². The van der Waals surface area contributed by atoms with Gasteiger partial charge in [0.1, 0.15) is 0 Å². The fraction of sp³-hybridized carbons (Fsp3) is 0.333. The predicted octanol–water partition coefficient (Wildman–Crippen LogP) is 3.43. The van der Waals surface area contributed by atoms with Crippen molar-refractivity contribution in [2.75, 3.05) is 0 Å². The summed E-state index contributed by atoms with van der Waals surface area (Å²) in [5, 5.41) is 0. The van der Waals surface area contributed by atoms with Crippen LogP contribution in [-0.2, 0) is 6.42 Å². The molecular formula is C12H14. The Morgan fingerprint density at radius 2 is 2.00 bits per heavy atom. The minimum Gasteiger partial charge on any atom is -0.0810 e. The molecule has 0 spiro atoms. The van der Waals surface area contributed by atoms with Crippen molar-refractivity contribution in [3.63, 3.8) is 0 Å². The van der Waals surface area contributed by atoms with Crippen LogP contribution in [0.3, 0.4) is 0 Å². The Morgan fingerprint density at radius 1 is 1.17 bits per heavy atom. The van der Waals surface area contributed by atoms with Gasteiger partial charge in [0, 0.05) is 0 Å². The predicted molar refractivity (Wildman–Crippen MR) is 53.0 cm³/mol. The fourth-order valence-corrected chi connectivity index (χ4v) is 1.84. The molecule has 0 fully saturated rings. The van der Waals surface area contributed by atoms with E-state index in [0.717, 1.165) is 0 Å². The molecule has 0 saturated carbocycles. The highest BCUT2D eigenvalue weighted by atomic mass is 14.1. The van der Waals surface area contributed by atoms with Gasteiger partial charge in [0.05, 0.1) is 0 Å². The SMILES string of the molecule is CC1=CCCCc2ccccc21. The molecule has 0 nitrogen and oxygen atoms in total. The van der Waals surface area contributed by atoms with Gasteiger partial charge in [0.15, 0.2) is 0 Å². The van der Waals surface area contributed by atoms with E-state index < -0.39 is 0 Å². The minimum atomic E-state index is 1.24. The standard InChI is InChI=1S/C12H14/c1-10-6-2-3-7-11-8-4-5-9-12(10)11/h4-6,8-9H,2-3,7H2,1H3. The second kappa shape index (κ2) is 3.14. The minimum absolute atomic E-state index is 1.24. The van der Waals surface area contributed by atoms with Crippen LogP contribution in [-0.4, -0.2) is 0 Å². The number of fused-ring (bicyclic) bond motifs is 1. The van der Waals surface area contributed by atoms with E-state index in [0.29, 0.717) is 0 Å². The summed E-state index contributed by atoms with van der Waals surface area (Å²) in [6, 6.07) is 8.74. The molecule has 1 aromatic carbocycles. The lowest BCUT2D eigenvalue weighted by molar-refractivity contribution is 0.851. The number of hydrogen-bond donors (Lipinski definition) is 0. The summed E-state index contributed by atoms with van der Waals surface area (Å²) in [5.74, 6) is 0. The van der Waals surface area contributed by atoms with Crippen LogP contribution in [0.1, 0.15) is 30.9 Å². The van der Waals surface area contributed by atoms with Gasteiger partial charge in [-0.05, 0) is 42.9 Å². The summed E-state index contributed by atoms with van der Waals surface area (Å²) in [6.45, 7) is 2.21. The largest absolute Gasteiger partial charge is 0.0810 e. The Morgan fingerprint density at radius 3 is 2.92 bits per heavy atom. The number of aryl methyl sites for hydroxylation is 1. The Kier molecular flexibility index (Phi) is 1.99. The first-order valence-electron chi connectivity index (χ1n) is 4.63. The van der Waals surface area contributed by atoms with Gasteiger partial charge in [-0.3, -0.25) is 0 Å². The molecule has 62 valence electrons. The summed E-state index contributed by atoms with van der Waals surface area (Å²) in [6.07, 6.45) is 6.13. The van der Waals surface area contributed by atoms with Crippen LogP contribution in [0.15, 0.2) is 30.3 Å². The lowest BCUT2D eigenvalue weighted by Crippen LogP contribution is -1.87. The van der Waals surface area contributed by atoms with Gasteiger partial charge in [-0.25, -0.2) is 0 Å². The molecule has 0 atom stereocenters. The number of benzene rings is 1. The van der Waals surface area contributed by atoms with E-state index in [-0.39, 0.29) is 0 Å². The van der Waals surface area contributed by atoms with Crippen molar-refractivity contribution in [2.45, 2.75) is 26.2 Å². The zero-order chi connectivity index (χ0) is 8.39. The monoisotopic (exact) mass is 158 g/mol. The van der Waals surface area contributed by atoms with Crippen LogP contribution in [0, 0.1) is 0 Å². The highest BCUT2D eigenvalue weighted by Crippen LogP contribution is 2.24. The average Bonchev–Trinajstić information content (AvgIpc) is 2.29. The van der Waals surface area contributed by atoms with Gasteiger partial charge in [-0.1, -0.05) is 30.3 Å². The molecule has 0 aliphatic heterocycles. The third kappa shape index (κ3) is 1.29. The maximum atomic E-state index is 2.35. The van der Waals surface area contributed by atoms with Crippen molar-refractivity contribution >= 4 is 5.57 Å². The van der Waals surface area contributed by atoms with E-state index in [1.165, 1.54) is 36.0 Å². The van der Waals surface area contributed by atoms with E-state index >= 15 is 0 Å². The molecule has 0 amide bonds. The molecule has 0 radical (unpaired) electrons. The van der Waals surface area contributed by atoms with Gasteiger partial charge < -0.3 is 0 Å². The molecular weight excluding hydrogens is 144 g/mol. The molecule has 1 aromatic rings. The van der Waals surface area contributed by atoms with Crippen molar-refractivity contribution in [2.24, 2.45) is 0 Å². The van der Waals surface area contributed by atoms with Crippen LogP contribution >= 0.6 is 0 Å². The van der Waals surface area contributed by atoms with E-state index in [1.807, 2.05) is 0 Å². The Balaban J connectivity index is 2.51. The molecule has 12 heavy (non-hydrogen) atoms. The van der Waals surface area contributed by atoms with E-state index in [9.17, 15) is 0 Å². The highest BCUT2D eigenvalue weighted by Gasteiger charge is 2.05. The normalized spacial score (nSPS) is 16.2. The summed E-state index contributed by atoms with van der Waals surface area (Å²) in [4.78, 5) is 0. The first-order chi connectivity index (χ1) is 5.88. The molecule has 0 bridgehead atoms. The Labute approximate surface area is 73.9 Å². The van der Waals surface area contributed by atoms with Crippen molar-refractivity contribution in [3.05, 3.63) is 41.5 Å². The first-order valence-corrected chi connectivity index (χ1v) is 4.63. The molecule has 0 saturated heterocycles. The second-order valence-corrected chi connectivity index (χ2v) is 3.44. The van der Waals surface area contributed by atoms with Gasteiger partial charge >= 0.3 is 0 Å². The van der Waals surface area contributed by atoms with E-state index in [2.05, 4.69) is 37.3 Å². The zero-order valence-corrected chi connectivity index (χ0v) is 7.51. The van der Waals surface area contributed by atoms with Crippen LogP contribution in [0.4, 0.5) is 0 Å². The van der Waals surface area contributed by atoms with E-state index in [1.54, 1.807) is 0 Å². The first kappa shape index (κ1) is 7.60. The maximum absolute atomic E-state index is 2.35. The maximum Gasteiger partial charge on any atom is -0.0198 e. The quantitative estimate of drug-likeness (QED) is 0.542. The average molecular weight is 158 g/mol. The molecule has 0 heteroatoms. The third-order valence-corrected chi connectivity index (χ3v) is 2.54. The van der Waals surface area contributed by atoms with Crippen LogP contribution in [0.2, 0.25) is 0 Å². The van der Waals surface area contributed by atoms with Gasteiger partial charge in [0.2, 0.25) is 0 Å². The van der Waals surface area contributed by atoms with Crippen molar-refractivity contribution < 1.29 is 0 Å². The number of rotatable bonds is 0. The lowest BCUT2D eigenvalue weighted by Gasteiger charge is -2.05. The van der Waals surface area contributed by atoms with Crippen LogP contribution < -0.4 is 0 Å². The Hall–Kier alpha value is -1.04. The molecule has 0 unspecified atom stereocenters. The fourth-order valence-electron chi connectivity index (χ4n) is 1.84. The van der Waals surface area contributed by atoms with Crippen molar-refractivity contribution in [1.29, 1.82) is 0 Å². The molecule has 1 aliphatic carbocycles. The number of hydrogen-bond acceptors (Lipinski definition) is 0. The topological polar surface area (TPSA) is 0 Å². The van der Waals surface area contributed by atoms with Crippen LogP contribution in [0.5, 0.6) is 0 Å². The van der Waals surface area contributed by atoms with Gasteiger partial charge in [0.25, 0.3) is 0 Å². The van der Waals surface area contributed by atoms with Crippen LogP contribution in [0.25, 0.3) is 5.57 Å². The summed E-state index contributed by atoms with van der Waals surface area (Å²) in [7, 11) is 0.